The lowest BCUT2D eigenvalue weighted by Gasteiger charge is -2.18. The van der Waals surface area contributed by atoms with Crippen LogP contribution in [0.1, 0.15) is 37.6 Å². The van der Waals surface area contributed by atoms with Gasteiger partial charge in [0.15, 0.2) is 0 Å². The smallest absolute Gasteiger partial charge is 0.252 e. The summed E-state index contributed by atoms with van der Waals surface area (Å²) in [4.78, 5) is 17.2. The lowest BCUT2D eigenvalue weighted by molar-refractivity contribution is 0.0949. The topological polar surface area (TPSA) is 42.0 Å². The summed E-state index contributed by atoms with van der Waals surface area (Å²) in [5.41, 5.74) is 1.63. The summed E-state index contributed by atoms with van der Waals surface area (Å²) < 4.78 is 0. The highest BCUT2D eigenvalue weighted by Crippen LogP contribution is 2.20. The minimum Gasteiger partial charge on any atom is -0.352 e. The Kier molecular flexibility index (Phi) is 4.33. The standard InChI is InChI=1S/C16H20N2OS/c1-16(2,3)7-8-17-15(19)12-9-11-5-4-6-13(20)14(11)18-10-12/h4-6,9-10,20H,7-8H2,1-3H3,(H,17,19). The van der Waals surface area contributed by atoms with Gasteiger partial charge < -0.3 is 5.32 Å². The van der Waals surface area contributed by atoms with Gasteiger partial charge in [-0.2, -0.15) is 0 Å². The highest BCUT2D eigenvalue weighted by Gasteiger charge is 2.12. The van der Waals surface area contributed by atoms with Crippen molar-refractivity contribution in [2.75, 3.05) is 6.54 Å². The van der Waals surface area contributed by atoms with Gasteiger partial charge in [-0.25, -0.2) is 0 Å². The van der Waals surface area contributed by atoms with Crippen molar-refractivity contribution in [2.24, 2.45) is 5.41 Å². The Morgan fingerprint density at radius 3 is 2.80 bits per heavy atom. The normalized spacial score (nSPS) is 11.6. The highest BCUT2D eigenvalue weighted by molar-refractivity contribution is 7.80. The molecule has 1 heterocycles. The van der Waals surface area contributed by atoms with E-state index in [4.69, 9.17) is 0 Å². The maximum absolute atomic E-state index is 12.1. The average Bonchev–Trinajstić information content (AvgIpc) is 2.37. The van der Waals surface area contributed by atoms with Crippen LogP contribution in [0.5, 0.6) is 0 Å². The highest BCUT2D eigenvalue weighted by atomic mass is 32.1. The molecule has 0 aliphatic rings. The number of carbonyl (C=O) groups excluding carboxylic acids is 1. The van der Waals surface area contributed by atoms with Crippen LogP contribution >= 0.6 is 12.6 Å². The van der Waals surface area contributed by atoms with Gasteiger partial charge in [0.1, 0.15) is 0 Å². The summed E-state index contributed by atoms with van der Waals surface area (Å²) in [5.74, 6) is -0.0757. The predicted molar refractivity (Wildman–Crippen MR) is 85.4 cm³/mol. The molecule has 1 amide bonds. The van der Waals surface area contributed by atoms with Crippen molar-refractivity contribution in [2.45, 2.75) is 32.1 Å². The molecule has 0 spiro atoms. The van der Waals surface area contributed by atoms with Crippen molar-refractivity contribution in [1.82, 2.24) is 10.3 Å². The fraction of sp³-hybridized carbons (Fsp3) is 0.375. The second-order valence-corrected chi connectivity index (χ2v) is 6.62. The molecule has 0 atom stereocenters. The van der Waals surface area contributed by atoms with Gasteiger partial charge >= 0.3 is 0 Å². The third-order valence-corrected chi connectivity index (χ3v) is 3.47. The second-order valence-electron chi connectivity index (χ2n) is 6.14. The van der Waals surface area contributed by atoms with Crippen LogP contribution in [0.15, 0.2) is 35.4 Å². The van der Waals surface area contributed by atoms with Crippen molar-refractivity contribution in [3.63, 3.8) is 0 Å². The van der Waals surface area contributed by atoms with Gasteiger partial charge in [-0.15, -0.1) is 12.6 Å². The third-order valence-electron chi connectivity index (χ3n) is 3.11. The zero-order valence-corrected chi connectivity index (χ0v) is 13.0. The first-order valence-electron chi connectivity index (χ1n) is 6.73. The van der Waals surface area contributed by atoms with Crippen LogP contribution in [-0.4, -0.2) is 17.4 Å². The van der Waals surface area contributed by atoms with E-state index in [0.29, 0.717) is 12.1 Å². The van der Waals surface area contributed by atoms with Crippen molar-refractivity contribution < 1.29 is 4.79 Å². The Hall–Kier alpha value is -1.55. The zero-order valence-electron chi connectivity index (χ0n) is 12.1. The molecule has 0 unspecified atom stereocenters. The average molecular weight is 288 g/mol. The lowest BCUT2D eigenvalue weighted by atomic mass is 9.92. The molecule has 1 N–H and O–H groups in total. The molecule has 0 fully saturated rings. The van der Waals surface area contributed by atoms with Gasteiger partial charge in [-0.1, -0.05) is 32.9 Å². The predicted octanol–water partition coefficient (Wildman–Crippen LogP) is 3.69. The quantitative estimate of drug-likeness (QED) is 0.846. The van der Waals surface area contributed by atoms with E-state index in [-0.39, 0.29) is 11.3 Å². The van der Waals surface area contributed by atoms with Crippen molar-refractivity contribution in [3.8, 4) is 0 Å². The van der Waals surface area contributed by atoms with Crippen LogP contribution in [0.4, 0.5) is 0 Å². The number of fused-ring (bicyclic) bond motifs is 1. The van der Waals surface area contributed by atoms with Gasteiger partial charge in [0.2, 0.25) is 0 Å². The first-order valence-corrected chi connectivity index (χ1v) is 7.17. The molecule has 0 radical (unpaired) electrons. The molecule has 2 rings (SSSR count). The summed E-state index contributed by atoms with van der Waals surface area (Å²) in [6.07, 6.45) is 2.55. The van der Waals surface area contributed by atoms with Crippen LogP contribution in [0.3, 0.4) is 0 Å². The molecule has 1 aromatic carbocycles. The number of para-hydroxylation sites is 1. The van der Waals surface area contributed by atoms with E-state index in [9.17, 15) is 4.79 Å². The molecule has 4 heteroatoms. The molecule has 20 heavy (non-hydrogen) atoms. The third kappa shape index (κ3) is 3.73. The van der Waals surface area contributed by atoms with E-state index in [1.807, 2.05) is 24.3 Å². The van der Waals surface area contributed by atoms with Crippen molar-refractivity contribution in [1.29, 1.82) is 0 Å². The molecule has 0 aliphatic heterocycles. The van der Waals surface area contributed by atoms with Crippen LogP contribution in [0.25, 0.3) is 10.9 Å². The Morgan fingerprint density at radius 2 is 2.10 bits per heavy atom. The van der Waals surface area contributed by atoms with Crippen molar-refractivity contribution >= 4 is 29.4 Å². The van der Waals surface area contributed by atoms with E-state index >= 15 is 0 Å². The van der Waals surface area contributed by atoms with E-state index in [1.165, 1.54) is 0 Å². The first-order chi connectivity index (χ1) is 9.37. The summed E-state index contributed by atoms with van der Waals surface area (Å²) in [6.45, 7) is 7.15. The molecule has 0 saturated heterocycles. The van der Waals surface area contributed by atoms with E-state index in [1.54, 1.807) is 6.20 Å². The van der Waals surface area contributed by atoms with E-state index in [0.717, 1.165) is 22.2 Å². The number of pyridine rings is 1. The molecular formula is C16H20N2OS. The monoisotopic (exact) mass is 288 g/mol. The number of nitrogens with one attached hydrogen (secondary N) is 1. The molecule has 3 nitrogen and oxygen atoms in total. The van der Waals surface area contributed by atoms with Crippen LogP contribution in [-0.2, 0) is 0 Å². The number of amides is 1. The molecule has 2 aromatic rings. The molecule has 106 valence electrons. The number of aromatic nitrogens is 1. The number of thiol groups is 1. The molecule has 0 saturated carbocycles. The molecule has 0 aliphatic carbocycles. The fourth-order valence-corrected chi connectivity index (χ4v) is 2.19. The first kappa shape index (κ1) is 14.9. The van der Waals surface area contributed by atoms with Gasteiger partial charge in [0.25, 0.3) is 5.91 Å². The Labute approximate surface area is 125 Å². The summed E-state index contributed by atoms with van der Waals surface area (Å²) in [7, 11) is 0. The number of hydrogen-bond acceptors (Lipinski definition) is 3. The molecule has 0 bridgehead atoms. The number of nitrogens with zero attached hydrogens (tertiary/aromatic N) is 1. The number of benzene rings is 1. The van der Waals surface area contributed by atoms with Gasteiger partial charge in [0.05, 0.1) is 11.1 Å². The minimum absolute atomic E-state index is 0.0757. The summed E-state index contributed by atoms with van der Waals surface area (Å²) >= 11 is 4.36. The Bertz CT molecular complexity index is 632. The number of hydrogen-bond donors (Lipinski definition) is 2. The van der Waals surface area contributed by atoms with Gasteiger partial charge in [-0.3, -0.25) is 9.78 Å². The van der Waals surface area contributed by atoms with Crippen LogP contribution in [0, 0.1) is 5.41 Å². The Morgan fingerprint density at radius 1 is 1.35 bits per heavy atom. The largest absolute Gasteiger partial charge is 0.352 e. The van der Waals surface area contributed by atoms with Crippen LogP contribution in [0.2, 0.25) is 0 Å². The number of rotatable bonds is 3. The zero-order chi connectivity index (χ0) is 14.8. The lowest BCUT2D eigenvalue weighted by Crippen LogP contribution is -2.27. The van der Waals surface area contributed by atoms with E-state index in [2.05, 4.69) is 43.7 Å². The number of carbonyl (C=O) groups is 1. The van der Waals surface area contributed by atoms with Gasteiger partial charge in [0, 0.05) is 23.0 Å². The van der Waals surface area contributed by atoms with Crippen LogP contribution < -0.4 is 5.32 Å². The van der Waals surface area contributed by atoms with Crippen molar-refractivity contribution in [3.05, 3.63) is 36.0 Å². The maximum Gasteiger partial charge on any atom is 0.252 e. The van der Waals surface area contributed by atoms with E-state index < -0.39 is 0 Å². The Balaban J connectivity index is 2.11. The SMILES string of the molecule is CC(C)(C)CCNC(=O)c1cnc2c(S)cccc2c1. The fourth-order valence-electron chi connectivity index (χ4n) is 1.92. The molecular weight excluding hydrogens is 268 g/mol. The summed E-state index contributed by atoms with van der Waals surface area (Å²) in [6, 6.07) is 7.59. The summed E-state index contributed by atoms with van der Waals surface area (Å²) in [5, 5.41) is 3.87. The van der Waals surface area contributed by atoms with Gasteiger partial charge in [-0.05, 0) is 24.0 Å². The minimum atomic E-state index is -0.0757. The second kappa shape index (κ2) is 5.83. The maximum atomic E-state index is 12.1. The molecule has 1 aromatic heterocycles.